The third kappa shape index (κ3) is 5.22. The summed E-state index contributed by atoms with van der Waals surface area (Å²) in [5.74, 6) is 0.579. The van der Waals surface area contributed by atoms with Crippen LogP contribution < -0.4 is 11.1 Å². The van der Waals surface area contributed by atoms with E-state index in [0.717, 1.165) is 54.2 Å². The molecular formula is C23H35N5. The predicted octanol–water partition coefficient (Wildman–Crippen LogP) is 5.07. The number of aryl methyl sites for hydroxylation is 2. The summed E-state index contributed by atoms with van der Waals surface area (Å²) in [4.78, 5) is 4.66. The number of rotatable bonds is 9. The van der Waals surface area contributed by atoms with Crippen molar-refractivity contribution in [1.29, 1.82) is 0 Å². The fraction of sp³-hybridized carbons (Fsp3) is 0.565. The van der Waals surface area contributed by atoms with Gasteiger partial charge in [0.15, 0.2) is 0 Å². The maximum Gasteiger partial charge on any atom is 0.135 e. The lowest BCUT2D eigenvalue weighted by atomic mass is 10.0. The molecule has 0 spiro atoms. The molecule has 0 aliphatic heterocycles. The summed E-state index contributed by atoms with van der Waals surface area (Å²) in [6.45, 7) is 10.8. The van der Waals surface area contributed by atoms with Crippen LogP contribution in [0.1, 0.15) is 65.4 Å². The SMILES string of the molecule is CCCCn1cc2c(N)nc3cc(CCCCCNC(C)(C)C)ccc3c2n1. The molecule has 5 heteroatoms. The van der Waals surface area contributed by atoms with Gasteiger partial charge in [0.25, 0.3) is 0 Å². The summed E-state index contributed by atoms with van der Waals surface area (Å²) in [6.07, 6.45) is 9.03. The fourth-order valence-corrected chi connectivity index (χ4v) is 3.55. The van der Waals surface area contributed by atoms with E-state index in [4.69, 9.17) is 10.8 Å². The van der Waals surface area contributed by atoms with E-state index < -0.39 is 0 Å². The van der Waals surface area contributed by atoms with Crippen molar-refractivity contribution in [3.05, 3.63) is 30.0 Å². The summed E-state index contributed by atoms with van der Waals surface area (Å²) < 4.78 is 2.01. The molecule has 3 rings (SSSR count). The van der Waals surface area contributed by atoms with Crippen molar-refractivity contribution in [2.75, 3.05) is 12.3 Å². The molecule has 3 aromatic rings. The number of nitrogen functional groups attached to an aromatic ring is 1. The molecule has 0 atom stereocenters. The molecule has 0 bridgehead atoms. The maximum absolute atomic E-state index is 6.23. The molecule has 0 radical (unpaired) electrons. The first-order chi connectivity index (χ1) is 13.4. The van der Waals surface area contributed by atoms with Crippen LogP contribution in [-0.2, 0) is 13.0 Å². The highest BCUT2D eigenvalue weighted by Crippen LogP contribution is 2.28. The molecule has 0 aliphatic rings. The van der Waals surface area contributed by atoms with Crippen molar-refractivity contribution < 1.29 is 0 Å². The number of unbranched alkanes of at least 4 members (excludes halogenated alkanes) is 3. The minimum Gasteiger partial charge on any atom is -0.383 e. The number of hydrogen-bond acceptors (Lipinski definition) is 4. The van der Waals surface area contributed by atoms with Crippen molar-refractivity contribution >= 4 is 27.6 Å². The van der Waals surface area contributed by atoms with Crippen LogP contribution in [-0.4, -0.2) is 26.8 Å². The van der Waals surface area contributed by atoms with Gasteiger partial charge in [0.2, 0.25) is 0 Å². The van der Waals surface area contributed by atoms with Crippen molar-refractivity contribution in [3.8, 4) is 0 Å². The van der Waals surface area contributed by atoms with Gasteiger partial charge < -0.3 is 11.1 Å². The summed E-state index contributed by atoms with van der Waals surface area (Å²) in [5, 5.41) is 10.4. The minimum absolute atomic E-state index is 0.207. The van der Waals surface area contributed by atoms with Gasteiger partial charge in [-0.25, -0.2) is 4.98 Å². The van der Waals surface area contributed by atoms with Crippen LogP contribution in [0.2, 0.25) is 0 Å². The van der Waals surface area contributed by atoms with Crippen molar-refractivity contribution in [2.45, 2.75) is 78.3 Å². The van der Waals surface area contributed by atoms with Crippen LogP contribution in [0.5, 0.6) is 0 Å². The Morgan fingerprint density at radius 2 is 1.89 bits per heavy atom. The standard InChI is InChI=1S/C23H35N5/c1-5-6-14-28-16-19-21(27-28)18-12-11-17(15-20(18)26-22(19)24)10-8-7-9-13-25-23(2,3)4/h11-12,15-16,25H,5-10,13-14H2,1-4H3,(H2,24,26). The Kier molecular flexibility index (Phi) is 6.55. The molecule has 5 nitrogen and oxygen atoms in total. The van der Waals surface area contributed by atoms with Gasteiger partial charge in [-0.15, -0.1) is 0 Å². The highest BCUT2D eigenvalue weighted by molar-refractivity contribution is 6.07. The molecule has 0 aliphatic carbocycles. The quantitative estimate of drug-likeness (QED) is 0.508. The average molecular weight is 382 g/mol. The lowest BCUT2D eigenvalue weighted by Crippen LogP contribution is -2.36. The van der Waals surface area contributed by atoms with Crippen LogP contribution in [0.4, 0.5) is 5.82 Å². The zero-order valence-corrected chi connectivity index (χ0v) is 17.9. The van der Waals surface area contributed by atoms with E-state index in [9.17, 15) is 0 Å². The van der Waals surface area contributed by atoms with Crippen molar-refractivity contribution in [1.82, 2.24) is 20.1 Å². The third-order valence-electron chi connectivity index (χ3n) is 5.13. The first-order valence-corrected chi connectivity index (χ1v) is 10.7. The highest BCUT2D eigenvalue weighted by atomic mass is 15.3. The number of nitrogens with two attached hydrogens (primary N) is 1. The van der Waals surface area contributed by atoms with Gasteiger partial charge in [0.05, 0.1) is 10.9 Å². The van der Waals surface area contributed by atoms with E-state index in [0.29, 0.717) is 5.82 Å². The maximum atomic E-state index is 6.23. The lowest BCUT2D eigenvalue weighted by molar-refractivity contribution is 0.417. The minimum atomic E-state index is 0.207. The van der Waals surface area contributed by atoms with Gasteiger partial charge in [0.1, 0.15) is 11.3 Å². The molecule has 2 aromatic heterocycles. The van der Waals surface area contributed by atoms with Crippen LogP contribution in [0.25, 0.3) is 21.8 Å². The fourth-order valence-electron chi connectivity index (χ4n) is 3.55. The second-order valence-corrected chi connectivity index (χ2v) is 8.84. The zero-order valence-electron chi connectivity index (χ0n) is 17.9. The summed E-state index contributed by atoms with van der Waals surface area (Å²) >= 11 is 0. The smallest absolute Gasteiger partial charge is 0.135 e. The first kappa shape index (κ1) is 20.6. The summed E-state index contributed by atoms with van der Waals surface area (Å²) in [7, 11) is 0. The largest absolute Gasteiger partial charge is 0.383 e. The molecule has 2 heterocycles. The topological polar surface area (TPSA) is 68.8 Å². The van der Waals surface area contributed by atoms with E-state index in [-0.39, 0.29) is 5.54 Å². The van der Waals surface area contributed by atoms with Crippen LogP contribution >= 0.6 is 0 Å². The van der Waals surface area contributed by atoms with Gasteiger partial charge in [-0.05, 0) is 64.6 Å². The highest BCUT2D eigenvalue weighted by Gasteiger charge is 2.11. The monoisotopic (exact) mass is 381 g/mol. The van der Waals surface area contributed by atoms with Gasteiger partial charge in [-0.3, -0.25) is 4.68 Å². The molecule has 1 aromatic carbocycles. The molecular weight excluding hydrogens is 346 g/mol. The van der Waals surface area contributed by atoms with Crippen LogP contribution in [0, 0.1) is 0 Å². The first-order valence-electron chi connectivity index (χ1n) is 10.7. The van der Waals surface area contributed by atoms with E-state index in [1.807, 2.05) is 10.9 Å². The summed E-state index contributed by atoms with van der Waals surface area (Å²) in [5.41, 5.74) is 9.69. The van der Waals surface area contributed by atoms with Crippen molar-refractivity contribution in [2.24, 2.45) is 0 Å². The Bertz CT molecular complexity index is 920. The van der Waals surface area contributed by atoms with Crippen LogP contribution in [0.3, 0.4) is 0 Å². The van der Waals surface area contributed by atoms with E-state index in [1.165, 1.54) is 24.8 Å². The van der Waals surface area contributed by atoms with Gasteiger partial charge in [-0.1, -0.05) is 31.9 Å². The molecule has 0 saturated carbocycles. The Labute approximate surface area is 168 Å². The number of pyridine rings is 1. The number of nitrogens with one attached hydrogen (secondary N) is 1. The van der Waals surface area contributed by atoms with Crippen molar-refractivity contribution in [3.63, 3.8) is 0 Å². The summed E-state index contributed by atoms with van der Waals surface area (Å²) in [6, 6.07) is 6.57. The van der Waals surface area contributed by atoms with Gasteiger partial charge in [-0.2, -0.15) is 5.10 Å². The Hall–Kier alpha value is -2.14. The Morgan fingerprint density at radius 1 is 1.07 bits per heavy atom. The van der Waals surface area contributed by atoms with Gasteiger partial charge >= 0.3 is 0 Å². The van der Waals surface area contributed by atoms with E-state index in [2.05, 4.69) is 56.2 Å². The lowest BCUT2D eigenvalue weighted by Gasteiger charge is -2.20. The third-order valence-corrected chi connectivity index (χ3v) is 5.13. The normalized spacial score (nSPS) is 12.3. The number of nitrogens with zero attached hydrogens (tertiary/aromatic N) is 3. The molecule has 0 saturated heterocycles. The Balaban J connectivity index is 1.67. The van der Waals surface area contributed by atoms with E-state index >= 15 is 0 Å². The zero-order chi connectivity index (χ0) is 20.1. The number of hydrogen-bond donors (Lipinski definition) is 2. The molecule has 0 fully saturated rings. The number of benzene rings is 1. The number of fused-ring (bicyclic) bond motifs is 3. The molecule has 3 N–H and O–H groups in total. The molecule has 152 valence electrons. The number of anilines is 1. The predicted molar refractivity (Wildman–Crippen MR) is 120 cm³/mol. The molecule has 0 amide bonds. The molecule has 28 heavy (non-hydrogen) atoms. The number of aromatic nitrogens is 3. The van der Waals surface area contributed by atoms with Gasteiger partial charge in [0, 0.05) is 23.7 Å². The second kappa shape index (κ2) is 8.91. The Morgan fingerprint density at radius 3 is 2.64 bits per heavy atom. The van der Waals surface area contributed by atoms with E-state index in [1.54, 1.807) is 0 Å². The molecule has 0 unspecified atom stereocenters. The average Bonchev–Trinajstić information content (AvgIpc) is 3.07. The second-order valence-electron chi connectivity index (χ2n) is 8.84. The van der Waals surface area contributed by atoms with Crippen LogP contribution in [0.15, 0.2) is 24.4 Å².